The topological polar surface area (TPSA) is 45.2 Å². The Hall–Kier alpha value is -2.21. The number of methoxy groups -OCH3 is 1. The molecule has 1 heterocycles. The summed E-state index contributed by atoms with van der Waals surface area (Å²) in [6.07, 6.45) is 3.98. The minimum absolute atomic E-state index is 0.156. The van der Waals surface area contributed by atoms with Gasteiger partial charge < -0.3 is 19.5 Å². The van der Waals surface area contributed by atoms with Crippen molar-refractivity contribution in [2.24, 2.45) is 0 Å². The SMILES string of the molecule is C/C=C\c1ccc(OCC(C)(O)N2CCN(c3cccc(Cl)c3)CC2)c(OC)c1. The monoisotopic (exact) mass is 416 g/mol. The zero-order valence-electron chi connectivity index (χ0n) is 17.3. The largest absolute Gasteiger partial charge is 0.493 e. The molecular formula is C23H29ClN2O3. The Kier molecular flexibility index (Phi) is 7.06. The first-order valence-corrected chi connectivity index (χ1v) is 10.2. The molecule has 1 fully saturated rings. The number of hydrogen-bond acceptors (Lipinski definition) is 5. The van der Waals surface area contributed by atoms with Crippen LogP contribution in [0.4, 0.5) is 5.69 Å². The average molecular weight is 417 g/mol. The van der Waals surface area contributed by atoms with Crippen molar-refractivity contribution in [3.8, 4) is 11.5 Å². The quantitative estimate of drug-likeness (QED) is 0.729. The predicted octanol–water partition coefficient (Wildman–Crippen LogP) is 4.29. The van der Waals surface area contributed by atoms with Gasteiger partial charge in [0.25, 0.3) is 0 Å². The number of piperazine rings is 1. The van der Waals surface area contributed by atoms with E-state index < -0.39 is 5.72 Å². The second-order valence-electron chi connectivity index (χ2n) is 7.37. The molecule has 0 amide bonds. The molecule has 2 aromatic rings. The molecule has 29 heavy (non-hydrogen) atoms. The first-order chi connectivity index (χ1) is 13.9. The fourth-order valence-corrected chi connectivity index (χ4v) is 3.71. The van der Waals surface area contributed by atoms with Crippen LogP contribution in [0.1, 0.15) is 19.4 Å². The van der Waals surface area contributed by atoms with Crippen LogP contribution in [0.25, 0.3) is 6.08 Å². The van der Waals surface area contributed by atoms with Gasteiger partial charge in [0.1, 0.15) is 12.3 Å². The van der Waals surface area contributed by atoms with Crippen molar-refractivity contribution in [2.75, 3.05) is 44.8 Å². The van der Waals surface area contributed by atoms with Crippen molar-refractivity contribution in [3.63, 3.8) is 0 Å². The second kappa shape index (κ2) is 9.53. The smallest absolute Gasteiger partial charge is 0.161 e. The predicted molar refractivity (Wildman–Crippen MR) is 119 cm³/mol. The molecule has 5 nitrogen and oxygen atoms in total. The van der Waals surface area contributed by atoms with Gasteiger partial charge in [-0.1, -0.05) is 35.9 Å². The van der Waals surface area contributed by atoms with Crippen LogP contribution in [0.2, 0.25) is 5.02 Å². The number of anilines is 1. The summed E-state index contributed by atoms with van der Waals surface area (Å²) in [5, 5.41) is 11.7. The van der Waals surface area contributed by atoms with Crippen LogP contribution in [0.3, 0.4) is 0 Å². The molecule has 156 valence electrons. The van der Waals surface area contributed by atoms with Crippen molar-refractivity contribution < 1.29 is 14.6 Å². The van der Waals surface area contributed by atoms with Crippen LogP contribution in [0.5, 0.6) is 11.5 Å². The van der Waals surface area contributed by atoms with E-state index in [1.165, 1.54) is 0 Å². The number of nitrogens with zero attached hydrogens (tertiary/aromatic N) is 2. The first-order valence-electron chi connectivity index (χ1n) is 9.84. The molecular weight excluding hydrogens is 388 g/mol. The third-order valence-corrected chi connectivity index (χ3v) is 5.42. The van der Waals surface area contributed by atoms with Crippen LogP contribution in [0.15, 0.2) is 48.5 Å². The van der Waals surface area contributed by atoms with Crippen LogP contribution in [-0.4, -0.2) is 55.6 Å². The number of allylic oxidation sites excluding steroid dienone is 1. The summed E-state index contributed by atoms with van der Waals surface area (Å²) in [7, 11) is 1.62. The molecule has 0 radical (unpaired) electrons. The Balaban J connectivity index is 1.59. The van der Waals surface area contributed by atoms with Gasteiger partial charge in [-0.25, -0.2) is 0 Å². The van der Waals surface area contributed by atoms with Gasteiger partial charge in [-0.3, -0.25) is 4.90 Å². The molecule has 0 spiro atoms. The molecule has 1 unspecified atom stereocenters. The summed E-state index contributed by atoms with van der Waals surface area (Å²) in [6.45, 7) is 7.03. The molecule has 1 aliphatic rings. The number of rotatable bonds is 7. The van der Waals surface area contributed by atoms with Crippen molar-refractivity contribution in [1.82, 2.24) is 4.90 Å². The molecule has 1 aliphatic heterocycles. The molecule has 0 aliphatic carbocycles. The first kappa shape index (κ1) is 21.5. The molecule has 3 rings (SSSR count). The number of benzene rings is 2. The number of aliphatic hydroxyl groups is 1. The molecule has 1 atom stereocenters. The third-order valence-electron chi connectivity index (χ3n) is 5.18. The summed E-state index contributed by atoms with van der Waals surface area (Å²) in [5.41, 5.74) is 1.08. The van der Waals surface area contributed by atoms with Gasteiger partial charge in [-0.05, 0) is 49.7 Å². The Labute approximate surface area is 178 Å². The molecule has 0 saturated carbocycles. The zero-order valence-corrected chi connectivity index (χ0v) is 18.0. The van der Waals surface area contributed by atoms with Crippen molar-refractivity contribution in [3.05, 3.63) is 59.1 Å². The maximum atomic E-state index is 11.0. The van der Waals surface area contributed by atoms with Crippen LogP contribution in [0, 0.1) is 0 Å². The van der Waals surface area contributed by atoms with Gasteiger partial charge in [0.05, 0.1) is 7.11 Å². The maximum absolute atomic E-state index is 11.0. The lowest BCUT2D eigenvalue weighted by atomic mass is 10.1. The molecule has 6 heteroatoms. The molecule has 2 aromatic carbocycles. The minimum Gasteiger partial charge on any atom is -0.493 e. The summed E-state index contributed by atoms with van der Waals surface area (Å²) < 4.78 is 11.4. The third kappa shape index (κ3) is 5.44. The standard InChI is InChI=1S/C23H29ClN2O3/c1-4-6-18-9-10-21(22(15-18)28-3)29-17-23(2,27)26-13-11-25(12-14-26)20-8-5-7-19(24)16-20/h4-10,15-16,27H,11-14,17H2,1-3H3/b6-4-. The summed E-state index contributed by atoms with van der Waals surface area (Å²) in [5.74, 6) is 1.28. The lowest BCUT2D eigenvalue weighted by molar-refractivity contribution is -0.120. The Morgan fingerprint density at radius 1 is 1.10 bits per heavy atom. The Bertz CT molecular complexity index is 846. The second-order valence-corrected chi connectivity index (χ2v) is 7.81. The Morgan fingerprint density at radius 3 is 2.52 bits per heavy atom. The molecule has 0 aromatic heterocycles. The molecule has 1 saturated heterocycles. The van der Waals surface area contributed by atoms with E-state index >= 15 is 0 Å². The van der Waals surface area contributed by atoms with E-state index in [9.17, 15) is 5.11 Å². The lowest BCUT2D eigenvalue weighted by Crippen LogP contribution is -2.58. The fourth-order valence-electron chi connectivity index (χ4n) is 3.52. The summed E-state index contributed by atoms with van der Waals surface area (Å²) in [4.78, 5) is 4.33. The van der Waals surface area contributed by atoms with E-state index in [-0.39, 0.29) is 6.61 Å². The van der Waals surface area contributed by atoms with Crippen molar-refractivity contribution >= 4 is 23.4 Å². The van der Waals surface area contributed by atoms with Gasteiger partial charge in [0.15, 0.2) is 11.5 Å². The highest BCUT2D eigenvalue weighted by Gasteiger charge is 2.33. The van der Waals surface area contributed by atoms with E-state index in [0.717, 1.165) is 42.5 Å². The lowest BCUT2D eigenvalue weighted by Gasteiger charge is -2.43. The van der Waals surface area contributed by atoms with Crippen molar-refractivity contribution in [2.45, 2.75) is 19.6 Å². The average Bonchev–Trinajstić information content (AvgIpc) is 2.73. The zero-order chi connectivity index (χ0) is 20.9. The van der Waals surface area contributed by atoms with Gasteiger partial charge in [0.2, 0.25) is 0 Å². The van der Waals surface area contributed by atoms with E-state index in [4.69, 9.17) is 21.1 Å². The van der Waals surface area contributed by atoms with Crippen LogP contribution in [-0.2, 0) is 0 Å². The number of hydrogen-bond donors (Lipinski definition) is 1. The summed E-state index contributed by atoms with van der Waals surface area (Å²) in [6, 6.07) is 13.6. The van der Waals surface area contributed by atoms with Gasteiger partial charge in [-0.2, -0.15) is 0 Å². The van der Waals surface area contributed by atoms with E-state index in [2.05, 4.69) is 15.9 Å². The summed E-state index contributed by atoms with van der Waals surface area (Å²) >= 11 is 6.11. The van der Waals surface area contributed by atoms with Gasteiger partial charge >= 0.3 is 0 Å². The van der Waals surface area contributed by atoms with E-state index in [1.54, 1.807) is 14.0 Å². The molecule has 0 bridgehead atoms. The van der Waals surface area contributed by atoms with Gasteiger partial charge in [-0.15, -0.1) is 0 Å². The number of halogens is 1. The highest BCUT2D eigenvalue weighted by Crippen LogP contribution is 2.30. The fraction of sp³-hybridized carbons (Fsp3) is 0.391. The van der Waals surface area contributed by atoms with Crippen LogP contribution < -0.4 is 14.4 Å². The highest BCUT2D eigenvalue weighted by molar-refractivity contribution is 6.30. The van der Waals surface area contributed by atoms with Crippen molar-refractivity contribution in [1.29, 1.82) is 0 Å². The van der Waals surface area contributed by atoms with Crippen LogP contribution >= 0.6 is 11.6 Å². The van der Waals surface area contributed by atoms with E-state index in [1.807, 2.05) is 55.5 Å². The highest BCUT2D eigenvalue weighted by atomic mass is 35.5. The minimum atomic E-state index is -1.08. The van der Waals surface area contributed by atoms with E-state index in [0.29, 0.717) is 11.5 Å². The normalized spacial score (nSPS) is 17.3. The van der Waals surface area contributed by atoms with Gasteiger partial charge in [0, 0.05) is 36.9 Å². The number of ether oxygens (including phenoxy) is 2. The Morgan fingerprint density at radius 2 is 1.86 bits per heavy atom. The molecule has 1 N–H and O–H groups in total. The maximum Gasteiger partial charge on any atom is 0.161 e.